The number of aliphatic hydroxyl groups is 1. The van der Waals surface area contributed by atoms with E-state index in [-0.39, 0.29) is 6.61 Å². The lowest BCUT2D eigenvalue weighted by Gasteiger charge is -2.25. The highest BCUT2D eigenvalue weighted by Crippen LogP contribution is 2.28. The van der Waals surface area contributed by atoms with Crippen LogP contribution in [0.25, 0.3) is 0 Å². The molecular weight excluding hydrogens is 162 g/mol. The van der Waals surface area contributed by atoms with Crippen molar-refractivity contribution >= 4 is 0 Å². The van der Waals surface area contributed by atoms with Crippen molar-refractivity contribution in [3.05, 3.63) is 0 Å². The van der Waals surface area contributed by atoms with Gasteiger partial charge < -0.3 is 10.4 Å². The summed E-state index contributed by atoms with van der Waals surface area (Å²) in [5, 5.41) is 12.6. The molecule has 0 bridgehead atoms. The third-order valence-electron chi connectivity index (χ3n) is 2.47. The second-order valence-electron chi connectivity index (χ2n) is 5.50. The Bertz CT molecular complexity index is 147. The minimum atomic E-state index is 0.268. The van der Waals surface area contributed by atoms with Crippen LogP contribution in [0.3, 0.4) is 0 Å². The Balaban J connectivity index is 2.16. The second-order valence-corrected chi connectivity index (χ2v) is 5.50. The number of hydrogen-bond donors (Lipinski definition) is 2. The summed E-state index contributed by atoms with van der Waals surface area (Å²) < 4.78 is 0. The molecule has 1 rings (SSSR count). The second kappa shape index (κ2) is 4.43. The van der Waals surface area contributed by atoms with Gasteiger partial charge in [0.1, 0.15) is 0 Å². The summed E-state index contributed by atoms with van der Waals surface area (Å²) in [5.74, 6) is 0.897. The fourth-order valence-electron chi connectivity index (χ4n) is 1.60. The quantitative estimate of drug-likeness (QED) is 0.684. The van der Waals surface area contributed by atoms with Gasteiger partial charge in [-0.2, -0.15) is 0 Å². The molecule has 1 aliphatic rings. The van der Waals surface area contributed by atoms with Gasteiger partial charge in [0.25, 0.3) is 0 Å². The van der Waals surface area contributed by atoms with Crippen LogP contribution in [0.4, 0.5) is 0 Å². The molecule has 0 spiro atoms. The maximum Gasteiger partial charge on any atom is 0.0584 e. The standard InChI is InChI=1S/C11H23NO/c1-11(2,3)6-10(8-13)12-7-9-4-5-9/h9-10,12-13H,4-8H2,1-3H3. The first-order valence-corrected chi connectivity index (χ1v) is 5.35. The van der Waals surface area contributed by atoms with Crippen LogP contribution in [-0.2, 0) is 0 Å². The molecule has 0 radical (unpaired) electrons. The molecule has 0 aromatic heterocycles. The van der Waals surface area contributed by atoms with E-state index in [1.165, 1.54) is 12.8 Å². The average molecular weight is 185 g/mol. The highest BCUT2D eigenvalue weighted by atomic mass is 16.3. The van der Waals surface area contributed by atoms with Gasteiger partial charge in [-0.25, -0.2) is 0 Å². The minimum absolute atomic E-state index is 0.268. The first kappa shape index (κ1) is 11.0. The number of nitrogens with one attached hydrogen (secondary N) is 1. The van der Waals surface area contributed by atoms with E-state index < -0.39 is 0 Å². The molecule has 1 saturated carbocycles. The van der Waals surface area contributed by atoms with Gasteiger partial charge in [-0.3, -0.25) is 0 Å². The van der Waals surface area contributed by atoms with Crippen LogP contribution in [-0.4, -0.2) is 24.3 Å². The molecule has 1 unspecified atom stereocenters. The van der Waals surface area contributed by atoms with Gasteiger partial charge in [-0.15, -0.1) is 0 Å². The SMILES string of the molecule is CC(C)(C)CC(CO)NCC1CC1. The van der Waals surface area contributed by atoms with Crippen LogP contribution >= 0.6 is 0 Å². The molecule has 2 nitrogen and oxygen atoms in total. The summed E-state index contributed by atoms with van der Waals surface area (Å²) in [6, 6.07) is 0.292. The van der Waals surface area contributed by atoms with Crippen LogP contribution in [0.5, 0.6) is 0 Å². The van der Waals surface area contributed by atoms with Crippen LogP contribution in [0.1, 0.15) is 40.0 Å². The monoisotopic (exact) mass is 185 g/mol. The van der Waals surface area contributed by atoms with E-state index in [4.69, 9.17) is 5.11 Å². The van der Waals surface area contributed by atoms with Crippen molar-refractivity contribution in [3.8, 4) is 0 Å². The topological polar surface area (TPSA) is 32.3 Å². The van der Waals surface area contributed by atoms with E-state index in [0.29, 0.717) is 11.5 Å². The van der Waals surface area contributed by atoms with Gasteiger partial charge in [0.05, 0.1) is 6.61 Å². The zero-order chi connectivity index (χ0) is 9.90. The third-order valence-corrected chi connectivity index (χ3v) is 2.47. The first-order valence-electron chi connectivity index (χ1n) is 5.35. The summed E-state index contributed by atoms with van der Waals surface area (Å²) in [5.41, 5.74) is 0.309. The fraction of sp³-hybridized carbons (Fsp3) is 1.00. The lowest BCUT2D eigenvalue weighted by molar-refractivity contribution is 0.198. The van der Waals surface area contributed by atoms with Gasteiger partial charge in [0, 0.05) is 6.04 Å². The lowest BCUT2D eigenvalue weighted by atomic mass is 9.88. The summed E-state index contributed by atoms with van der Waals surface area (Å²) in [6.07, 6.45) is 3.80. The third kappa shape index (κ3) is 5.27. The molecule has 0 aromatic rings. The number of rotatable bonds is 5. The normalized spacial score (nSPS) is 20.3. The maximum absolute atomic E-state index is 9.16. The predicted molar refractivity (Wildman–Crippen MR) is 55.7 cm³/mol. The van der Waals surface area contributed by atoms with E-state index in [0.717, 1.165) is 18.9 Å². The summed E-state index contributed by atoms with van der Waals surface area (Å²) >= 11 is 0. The van der Waals surface area contributed by atoms with Crippen molar-refractivity contribution < 1.29 is 5.11 Å². The Morgan fingerprint density at radius 3 is 2.38 bits per heavy atom. The van der Waals surface area contributed by atoms with Crippen LogP contribution in [0.15, 0.2) is 0 Å². The molecule has 2 N–H and O–H groups in total. The number of aliphatic hydroxyl groups excluding tert-OH is 1. The van der Waals surface area contributed by atoms with Crippen molar-refractivity contribution in [1.82, 2.24) is 5.32 Å². The molecule has 1 fully saturated rings. The van der Waals surface area contributed by atoms with Crippen molar-refractivity contribution in [1.29, 1.82) is 0 Å². The molecule has 1 aliphatic carbocycles. The molecule has 2 heteroatoms. The largest absolute Gasteiger partial charge is 0.395 e. The average Bonchev–Trinajstić information content (AvgIpc) is 2.78. The first-order chi connectivity index (χ1) is 6.01. The Kier molecular flexibility index (Phi) is 3.74. The van der Waals surface area contributed by atoms with Crippen LogP contribution in [0.2, 0.25) is 0 Å². The predicted octanol–water partition coefficient (Wildman–Crippen LogP) is 1.78. The summed E-state index contributed by atoms with van der Waals surface area (Å²) in [4.78, 5) is 0. The fourth-order valence-corrected chi connectivity index (χ4v) is 1.60. The molecular formula is C11H23NO. The molecule has 0 aliphatic heterocycles. The molecule has 0 heterocycles. The Labute approximate surface area is 81.7 Å². The van der Waals surface area contributed by atoms with Crippen molar-refractivity contribution in [2.24, 2.45) is 11.3 Å². The van der Waals surface area contributed by atoms with E-state index in [1.54, 1.807) is 0 Å². The van der Waals surface area contributed by atoms with Crippen molar-refractivity contribution in [3.63, 3.8) is 0 Å². The maximum atomic E-state index is 9.16. The van der Waals surface area contributed by atoms with Crippen molar-refractivity contribution in [2.45, 2.75) is 46.1 Å². The minimum Gasteiger partial charge on any atom is -0.395 e. The zero-order valence-corrected chi connectivity index (χ0v) is 9.14. The van der Waals surface area contributed by atoms with E-state index in [9.17, 15) is 0 Å². The number of hydrogen-bond acceptors (Lipinski definition) is 2. The van der Waals surface area contributed by atoms with E-state index in [2.05, 4.69) is 26.1 Å². The highest BCUT2D eigenvalue weighted by molar-refractivity contribution is 4.80. The molecule has 0 aromatic carbocycles. The van der Waals surface area contributed by atoms with E-state index >= 15 is 0 Å². The molecule has 13 heavy (non-hydrogen) atoms. The Morgan fingerprint density at radius 2 is 2.00 bits per heavy atom. The molecule has 0 saturated heterocycles. The van der Waals surface area contributed by atoms with Crippen LogP contribution in [0, 0.1) is 11.3 Å². The van der Waals surface area contributed by atoms with Crippen molar-refractivity contribution in [2.75, 3.05) is 13.2 Å². The molecule has 0 amide bonds. The summed E-state index contributed by atoms with van der Waals surface area (Å²) in [7, 11) is 0. The van der Waals surface area contributed by atoms with Gasteiger partial charge in [0.15, 0.2) is 0 Å². The highest BCUT2D eigenvalue weighted by Gasteiger charge is 2.23. The Hall–Kier alpha value is -0.0800. The smallest absolute Gasteiger partial charge is 0.0584 e. The van der Waals surface area contributed by atoms with Gasteiger partial charge >= 0.3 is 0 Å². The van der Waals surface area contributed by atoms with Gasteiger partial charge in [-0.05, 0) is 37.1 Å². The van der Waals surface area contributed by atoms with Gasteiger partial charge in [0.2, 0.25) is 0 Å². The van der Waals surface area contributed by atoms with Gasteiger partial charge in [-0.1, -0.05) is 20.8 Å². The zero-order valence-electron chi connectivity index (χ0n) is 9.14. The Morgan fingerprint density at radius 1 is 1.38 bits per heavy atom. The van der Waals surface area contributed by atoms with Crippen LogP contribution < -0.4 is 5.32 Å². The lowest BCUT2D eigenvalue weighted by Crippen LogP contribution is -2.37. The van der Waals surface area contributed by atoms with E-state index in [1.807, 2.05) is 0 Å². The summed E-state index contributed by atoms with van der Waals surface area (Å²) in [6.45, 7) is 8.02. The molecule has 1 atom stereocenters. The molecule has 78 valence electrons.